The van der Waals surface area contributed by atoms with Gasteiger partial charge in [-0.15, -0.1) is 0 Å². The molecular weight excluding hydrogens is 407 g/mol. The Hall–Kier alpha value is -2.39. The zero-order valence-electron chi connectivity index (χ0n) is 17.1. The standard InChI is InChI=1S/C21H25FN4O3S/c1-3-30(28,29)25-11-10-16(13-25)20-23-14(2)18-8-9-19(27)26(21(18)24-20)12-15-4-6-17(22)7-5-15/h4-7,16H,3,8-13H2,1-2H3/t16-/m0/s1. The van der Waals surface area contributed by atoms with Crippen LogP contribution in [-0.4, -0.2) is 47.4 Å². The Labute approximate surface area is 176 Å². The lowest BCUT2D eigenvalue weighted by molar-refractivity contribution is -0.119. The number of rotatable bonds is 5. The van der Waals surface area contributed by atoms with Gasteiger partial charge in [0.25, 0.3) is 0 Å². The highest BCUT2D eigenvalue weighted by atomic mass is 32.2. The molecular formula is C21H25FN4O3S. The molecule has 0 bridgehead atoms. The van der Waals surface area contributed by atoms with Crippen LogP contribution in [-0.2, 0) is 27.8 Å². The van der Waals surface area contributed by atoms with E-state index in [1.165, 1.54) is 16.4 Å². The van der Waals surface area contributed by atoms with Gasteiger partial charge in [0.15, 0.2) is 0 Å². The third-order valence-corrected chi connectivity index (χ3v) is 7.73. The molecule has 3 heterocycles. The smallest absolute Gasteiger partial charge is 0.228 e. The highest BCUT2D eigenvalue weighted by Crippen LogP contribution is 2.33. The molecule has 4 rings (SSSR count). The van der Waals surface area contributed by atoms with Crippen LogP contribution in [0.2, 0.25) is 0 Å². The highest BCUT2D eigenvalue weighted by Gasteiger charge is 2.35. The lowest BCUT2D eigenvalue weighted by Crippen LogP contribution is -2.36. The van der Waals surface area contributed by atoms with Gasteiger partial charge in [-0.1, -0.05) is 12.1 Å². The molecule has 0 saturated carbocycles. The molecule has 9 heteroatoms. The Morgan fingerprint density at radius 2 is 1.90 bits per heavy atom. The first kappa shape index (κ1) is 20.9. The summed E-state index contributed by atoms with van der Waals surface area (Å²) in [5, 5.41) is 0. The van der Waals surface area contributed by atoms with E-state index in [0.717, 1.165) is 16.8 Å². The zero-order chi connectivity index (χ0) is 21.5. The van der Waals surface area contributed by atoms with Gasteiger partial charge in [-0.05, 0) is 44.4 Å². The number of aromatic nitrogens is 2. The van der Waals surface area contributed by atoms with Crippen molar-refractivity contribution in [2.75, 3.05) is 23.7 Å². The molecule has 2 aliphatic heterocycles. The van der Waals surface area contributed by atoms with Crippen LogP contribution in [0.3, 0.4) is 0 Å². The minimum atomic E-state index is -3.25. The van der Waals surface area contributed by atoms with Crippen LogP contribution in [0.4, 0.5) is 10.2 Å². The third-order valence-electron chi connectivity index (χ3n) is 5.88. The van der Waals surface area contributed by atoms with Crippen molar-refractivity contribution in [3.05, 3.63) is 52.7 Å². The number of carbonyl (C=O) groups excluding carboxylic acids is 1. The molecule has 1 aromatic heterocycles. The van der Waals surface area contributed by atoms with Crippen LogP contribution in [0.1, 0.15) is 48.3 Å². The second-order valence-corrected chi connectivity index (χ2v) is 10.1. The number of sulfonamides is 1. The van der Waals surface area contributed by atoms with E-state index in [1.807, 2.05) is 6.92 Å². The number of halogens is 1. The molecule has 7 nitrogen and oxygen atoms in total. The SMILES string of the molecule is CCS(=O)(=O)N1CC[C@H](c2nc(C)c3c(n2)N(Cc2ccc(F)cc2)C(=O)CC3)C1. The van der Waals surface area contributed by atoms with Crippen molar-refractivity contribution in [2.45, 2.75) is 45.6 Å². The topological polar surface area (TPSA) is 83.5 Å². The molecule has 2 aromatic rings. The largest absolute Gasteiger partial charge is 0.292 e. The van der Waals surface area contributed by atoms with Crippen molar-refractivity contribution in [3.8, 4) is 0 Å². The second-order valence-electron chi connectivity index (χ2n) is 7.82. The van der Waals surface area contributed by atoms with Crippen LogP contribution in [0.15, 0.2) is 24.3 Å². The predicted molar refractivity (Wildman–Crippen MR) is 111 cm³/mol. The minimum absolute atomic E-state index is 0.0301. The number of hydrogen-bond donors (Lipinski definition) is 0. The van der Waals surface area contributed by atoms with Crippen LogP contribution < -0.4 is 4.90 Å². The summed E-state index contributed by atoms with van der Waals surface area (Å²) in [7, 11) is -3.25. The first-order valence-corrected chi connectivity index (χ1v) is 11.8. The van der Waals surface area contributed by atoms with Gasteiger partial charge in [0.1, 0.15) is 17.5 Å². The fourth-order valence-corrected chi connectivity index (χ4v) is 5.25. The summed E-state index contributed by atoms with van der Waals surface area (Å²) in [6, 6.07) is 6.08. The van der Waals surface area contributed by atoms with E-state index in [4.69, 9.17) is 4.98 Å². The normalized spacial score (nSPS) is 19.9. The number of amides is 1. The summed E-state index contributed by atoms with van der Waals surface area (Å²) in [6.45, 7) is 4.68. The number of hydrogen-bond acceptors (Lipinski definition) is 5. The first-order valence-electron chi connectivity index (χ1n) is 10.2. The maximum atomic E-state index is 13.3. The number of nitrogens with zero attached hydrogens (tertiary/aromatic N) is 4. The van der Waals surface area contributed by atoms with E-state index in [2.05, 4.69) is 4.98 Å². The van der Waals surface area contributed by atoms with Gasteiger partial charge in [0.2, 0.25) is 15.9 Å². The molecule has 30 heavy (non-hydrogen) atoms. The quantitative estimate of drug-likeness (QED) is 0.725. The summed E-state index contributed by atoms with van der Waals surface area (Å²) in [5.74, 6) is 0.799. The summed E-state index contributed by atoms with van der Waals surface area (Å²) in [5.41, 5.74) is 2.58. The van der Waals surface area contributed by atoms with Crippen LogP contribution in [0, 0.1) is 12.7 Å². The molecule has 0 unspecified atom stereocenters. The Kier molecular flexibility index (Phi) is 5.59. The molecule has 0 spiro atoms. The van der Waals surface area contributed by atoms with Crippen LogP contribution in [0.5, 0.6) is 0 Å². The van der Waals surface area contributed by atoms with Crippen LogP contribution in [0.25, 0.3) is 0 Å². The molecule has 1 atom stereocenters. The van der Waals surface area contributed by atoms with Crippen molar-refractivity contribution >= 4 is 21.7 Å². The van der Waals surface area contributed by atoms with E-state index in [1.54, 1.807) is 24.0 Å². The Bertz CT molecular complexity index is 1070. The van der Waals surface area contributed by atoms with Gasteiger partial charge in [-0.3, -0.25) is 9.69 Å². The summed E-state index contributed by atoms with van der Waals surface area (Å²) in [6.07, 6.45) is 1.62. The Morgan fingerprint density at radius 3 is 2.60 bits per heavy atom. The van der Waals surface area contributed by atoms with E-state index in [9.17, 15) is 17.6 Å². The maximum Gasteiger partial charge on any atom is 0.228 e. The van der Waals surface area contributed by atoms with Gasteiger partial charge >= 0.3 is 0 Å². The first-order chi connectivity index (χ1) is 14.3. The van der Waals surface area contributed by atoms with E-state index in [-0.39, 0.29) is 23.4 Å². The fraction of sp³-hybridized carbons (Fsp3) is 0.476. The van der Waals surface area contributed by atoms with E-state index >= 15 is 0 Å². The highest BCUT2D eigenvalue weighted by molar-refractivity contribution is 7.89. The van der Waals surface area contributed by atoms with Crippen molar-refractivity contribution in [2.24, 2.45) is 0 Å². The monoisotopic (exact) mass is 432 g/mol. The number of benzene rings is 1. The third kappa shape index (κ3) is 3.96. The van der Waals surface area contributed by atoms with Crippen molar-refractivity contribution in [3.63, 3.8) is 0 Å². The summed E-state index contributed by atoms with van der Waals surface area (Å²) in [4.78, 5) is 23.7. The molecule has 0 aliphatic carbocycles. The average Bonchev–Trinajstić information content (AvgIpc) is 3.23. The molecule has 2 aliphatic rings. The predicted octanol–water partition coefficient (Wildman–Crippen LogP) is 2.54. The van der Waals surface area contributed by atoms with E-state index < -0.39 is 10.0 Å². The van der Waals surface area contributed by atoms with Gasteiger partial charge in [0, 0.05) is 36.7 Å². The molecule has 1 fully saturated rings. The Morgan fingerprint density at radius 1 is 1.17 bits per heavy atom. The Balaban J connectivity index is 1.65. The lowest BCUT2D eigenvalue weighted by atomic mass is 10.0. The van der Waals surface area contributed by atoms with E-state index in [0.29, 0.717) is 50.5 Å². The van der Waals surface area contributed by atoms with Crippen LogP contribution >= 0.6 is 0 Å². The summed E-state index contributed by atoms with van der Waals surface area (Å²) >= 11 is 0. The van der Waals surface area contributed by atoms with Crippen molar-refractivity contribution in [1.29, 1.82) is 0 Å². The second kappa shape index (κ2) is 8.03. The molecule has 160 valence electrons. The molecule has 1 amide bonds. The average molecular weight is 433 g/mol. The van der Waals surface area contributed by atoms with Gasteiger partial charge in [0.05, 0.1) is 12.3 Å². The number of anilines is 1. The van der Waals surface area contributed by atoms with Crippen molar-refractivity contribution in [1.82, 2.24) is 14.3 Å². The minimum Gasteiger partial charge on any atom is -0.292 e. The molecule has 0 radical (unpaired) electrons. The fourth-order valence-electron chi connectivity index (χ4n) is 4.10. The zero-order valence-corrected chi connectivity index (χ0v) is 18.0. The van der Waals surface area contributed by atoms with Gasteiger partial charge < -0.3 is 0 Å². The van der Waals surface area contributed by atoms with Gasteiger partial charge in [-0.2, -0.15) is 0 Å². The molecule has 1 aromatic carbocycles. The number of carbonyl (C=O) groups is 1. The molecule has 1 saturated heterocycles. The lowest BCUT2D eigenvalue weighted by Gasteiger charge is -2.30. The van der Waals surface area contributed by atoms with Gasteiger partial charge in [-0.25, -0.2) is 27.1 Å². The number of aryl methyl sites for hydroxylation is 1. The maximum absolute atomic E-state index is 13.3. The number of fused-ring (bicyclic) bond motifs is 1. The molecule has 0 N–H and O–H groups in total. The van der Waals surface area contributed by atoms with Crippen molar-refractivity contribution < 1.29 is 17.6 Å². The summed E-state index contributed by atoms with van der Waals surface area (Å²) < 4.78 is 39.2.